The summed E-state index contributed by atoms with van der Waals surface area (Å²) in [6.07, 6.45) is -9.52. The SMILES string of the molecule is Cc1cc2cc(-c3ccc(OC(F)(F)F)cc3)c(C(F)(F)F)cc2nc1C. The Hall–Kier alpha value is -2.77. The molecule has 0 unspecified atom stereocenters. The fourth-order valence-electron chi connectivity index (χ4n) is 2.73. The van der Waals surface area contributed by atoms with Crippen LogP contribution < -0.4 is 4.74 Å². The van der Waals surface area contributed by atoms with Gasteiger partial charge in [0.2, 0.25) is 0 Å². The van der Waals surface area contributed by atoms with Gasteiger partial charge in [0.05, 0.1) is 11.1 Å². The van der Waals surface area contributed by atoms with Crippen molar-refractivity contribution in [3.05, 3.63) is 59.3 Å². The third kappa shape index (κ3) is 4.15. The molecule has 142 valence electrons. The minimum Gasteiger partial charge on any atom is -0.406 e. The van der Waals surface area contributed by atoms with E-state index in [0.29, 0.717) is 11.1 Å². The van der Waals surface area contributed by atoms with Crippen molar-refractivity contribution in [1.82, 2.24) is 4.98 Å². The monoisotopic (exact) mass is 385 g/mol. The molecule has 0 spiro atoms. The number of ether oxygens (including phenoxy) is 1. The van der Waals surface area contributed by atoms with Crippen LogP contribution in [0.5, 0.6) is 5.75 Å². The van der Waals surface area contributed by atoms with Gasteiger partial charge in [-0.1, -0.05) is 12.1 Å². The molecule has 0 bridgehead atoms. The lowest BCUT2D eigenvalue weighted by Crippen LogP contribution is -2.17. The van der Waals surface area contributed by atoms with Crippen molar-refractivity contribution < 1.29 is 31.1 Å². The molecule has 3 rings (SSSR count). The molecule has 27 heavy (non-hydrogen) atoms. The summed E-state index contributed by atoms with van der Waals surface area (Å²) in [6.45, 7) is 3.50. The molecule has 0 N–H and O–H groups in total. The highest BCUT2D eigenvalue weighted by atomic mass is 19.4. The molecule has 1 heterocycles. The van der Waals surface area contributed by atoms with E-state index in [1.165, 1.54) is 6.07 Å². The molecule has 0 atom stereocenters. The molecule has 1 aromatic heterocycles. The lowest BCUT2D eigenvalue weighted by molar-refractivity contribution is -0.274. The highest BCUT2D eigenvalue weighted by Gasteiger charge is 2.35. The number of halogens is 6. The van der Waals surface area contributed by atoms with E-state index in [2.05, 4.69) is 9.72 Å². The van der Waals surface area contributed by atoms with Gasteiger partial charge in [0.15, 0.2) is 0 Å². The summed E-state index contributed by atoms with van der Waals surface area (Å²) < 4.78 is 81.1. The van der Waals surface area contributed by atoms with Crippen molar-refractivity contribution in [1.29, 1.82) is 0 Å². The number of benzene rings is 2. The molecule has 0 saturated heterocycles. The Morgan fingerprint density at radius 1 is 0.852 bits per heavy atom. The number of aryl methyl sites for hydroxylation is 2. The molecular formula is C19H13F6NO. The summed E-state index contributed by atoms with van der Waals surface area (Å²) >= 11 is 0. The topological polar surface area (TPSA) is 22.1 Å². The standard InChI is InChI=1S/C19H13F6NO/c1-10-7-13-8-15(12-3-5-14(6-4-12)27-19(23,24)25)16(18(20,21)22)9-17(13)26-11(10)2/h3-9H,1-2H3. The first-order valence-corrected chi connectivity index (χ1v) is 7.79. The molecular weight excluding hydrogens is 372 g/mol. The Balaban J connectivity index is 2.15. The van der Waals surface area contributed by atoms with Crippen molar-refractivity contribution in [2.24, 2.45) is 0 Å². The summed E-state index contributed by atoms with van der Waals surface area (Å²) in [5.74, 6) is -0.506. The maximum absolute atomic E-state index is 13.5. The number of nitrogens with zero attached hydrogens (tertiary/aromatic N) is 1. The normalized spacial score (nSPS) is 12.4. The minimum absolute atomic E-state index is 0.122. The number of rotatable bonds is 2. The van der Waals surface area contributed by atoms with Crippen LogP contribution >= 0.6 is 0 Å². The third-order valence-corrected chi connectivity index (χ3v) is 4.10. The van der Waals surface area contributed by atoms with E-state index < -0.39 is 23.9 Å². The fraction of sp³-hybridized carbons (Fsp3) is 0.211. The first-order chi connectivity index (χ1) is 12.4. The number of hydrogen-bond acceptors (Lipinski definition) is 2. The summed E-state index contributed by atoms with van der Waals surface area (Å²) in [7, 11) is 0. The Kier molecular flexibility index (Phi) is 4.53. The number of alkyl halides is 6. The zero-order valence-corrected chi connectivity index (χ0v) is 14.2. The largest absolute Gasteiger partial charge is 0.573 e. The van der Waals surface area contributed by atoms with Crippen LogP contribution in [0.25, 0.3) is 22.0 Å². The second-order valence-electron chi connectivity index (χ2n) is 6.05. The average Bonchev–Trinajstić information content (AvgIpc) is 2.53. The van der Waals surface area contributed by atoms with Gasteiger partial charge in [0.1, 0.15) is 5.75 Å². The fourth-order valence-corrected chi connectivity index (χ4v) is 2.73. The van der Waals surface area contributed by atoms with Gasteiger partial charge in [-0.15, -0.1) is 13.2 Å². The molecule has 2 aromatic carbocycles. The molecule has 0 aliphatic carbocycles. The van der Waals surface area contributed by atoms with Gasteiger partial charge in [0.25, 0.3) is 0 Å². The van der Waals surface area contributed by atoms with Crippen LogP contribution in [-0.2, 0) is 6.18 Å². The smallest absolute Gasteiger partial charge is 0.406 e. The zero-order chi connectivity index (χ0) is 20.0. The van der Waals surface area contributed by atoms with E-state index in [0.717, 1.165) is 35.9 Å². The van der Waals surface area contributed by atoms with Gasteiger partial charge in [-0.2, -0.15) is 13.2 Å². The minimum atomic E-state index is -4.87. The summed E-state index contributed by atoms with van der Waals surface area (Å²) in [5, 5.41) is 0.511. The van der Waals surface area contributed by atoms with E-state index in [4.69, 9.17) is 0 Å². The van der Waals surface area contributed by atoms with Crippen LogP contribution in [0, 0.1) is 13.8 Å². The van der Waals surface area contributed by atoms with Gasteiger partial charge < -0.3 is 4.74 Å². The molecule has 2 nitrogen and oxygen atoms in total. The van der Waals surface area contributed by atoms with Crippen LogP contribution in [0.2, 0.25) is 0 Å². The van der Waals surface area contributed by atoms with E-state index >= 15 is 0 Å². The Morgan fingerprint density at radius 3 is 2.04 bits per heavy atom. The lowest BCUT2D eigenvalue weighted by atomic mass is 9.96. The predicted octanol–water partition coefficient (Wildman–Crippen LogP) is 6.44. The molecule has 0 saturated carbocycles. The molecule has 0 amide bonds. The first kappa shape index (κ1) is 19.0. The quantitative estimate of drug-likeness (QED) is 0.474. The van der Waals surface area contributed by atoms with Crippen molar-refractivity contribution >= 4 is 10.9 Å². The maximum Gasteiger partial charge on any atom is 0.573 e. The number of pyridine rings is 1. The Morgan fingerprint density at radius 2 is 1.48 bits per heavy atom. The van der Waals surface area contributed by atoms with E-state index in [9.17, 15) is 26.3 Å². The van der Waals surface area contributed by atoms with Crippen LogP contribution in [0.4, 0.5) is 26.3 Å². The van der Waals surface area contributed by atoms with E-state index in [1.54, 1.807) is 19.9 Å². The van der Waals surface area contributed by atoms with Crippen molar-refractivity contribution in [3.8, 4) is 16.9 Å². The molecule has 0 aliphatic rings. The first-order valence-electron chi connectivity index (χ1n) is 7.79. The number of fused-ring (bicyclic) bond motifs is 1. The van der Waals surface area contributed by atoms with Crippen LogP contribution in [0.15, 0.2) is 42.5 Å². The second-order valence-corrected chi connectivity index (χ2v) is 6.05. The van der Waals surface area contributed by atoms with Crippen molar-refractivity contribution in [2.45, 2.75) is 26.4 Å². The second kappa shape index (κ2) is 6.44. The highest BCUT2D eigenvalue weighted by molar-refractivity contribution is 5.87. The molecule has 0 radical (unpaired) electrons. The predicted molar refractivity (Wildman–Crippen MR) is 88.3 cm³/mol. The van der Waals surface area contributed by atoms with Gasteiger partial charge in [-0.3, -0.25) is 4.98 Å². The maximum atomic E-state index is 13.5. The van der Waals surface area contributed by atoms with Crippen LogP contribution in [0.3, 0.4) is 0 Å². The van der Waals surface area contributed by atoms with E-state index in [-0.39, 0.29) is 16.6 Å². The molecule has 0 fully saturated rings. The lowest BCUT2D eigenvalue weighted by Gasteiger charge is -2.16. The number of hydrogen-bond donors (Lipinski definition) is 0. The van der Waals surface area contributed by atoms with Crippen LogP contribution in [0.1, 0.15) is 16.8 Å². The summed E-state index contributed by atoms with van der Waals surface area (Å²) in [4.78, 5) is 4.19. The third-order valence-electron chi connectivity index (χ3n) is 4.10. The number of aromatic nitrogens is 1. The molecule has 0 aliphatic heterocycles. The van der Waals surface area contributed by atoms with Gasteiger partial charge in [-0.25, -0.2) is 0 Å². The highest BCUT2D eigenvalue weighted by Crippen LogP contribution is 2.40. The average molecular weight is 385 g/mol. The van der Waals surface area contributed by atoms with Crippen LogP contribution in [-0.4, -0.2) is 11.3 Å². The van der Waals surface area contributed by atoms with Crippen molar-refractivity contribution in [3.63, 3.8) is 0 Å². The zero-order valence-electron chi connectivity index (χ0n) is 14.2. The molecule has 8 heteroatoms. The summed E-state index contributed by atoms with van der Waals surface area (Å²) in [5.41, 5.74) is 0.719. The molecule has 3 aromatic rings. The van der Waals surface area contributed by atoms with Gasteiger partial charge in [-0.05, 0) is 60.9 Å². The summed E-state index contributed by atoms with van der Waals surface area (Å²) in [6, 6.07) is 8.30. The van der Waals surface area contributed by atoms with E-state index in [1.807, 2.05) is 0 Å². The van der Waals surface area contributed by atoms with Gasteiger partial charge in [0, 0.05) is 11.1 Å². The van der Waals surface area contributed by atoms with Crippen molar-refractivity contribution in [2.75, 3.05) is 0 Å². The van der Waals surface area contributed by atoms with Gasteiger partial charge >= 0.3 is 12.5 Å². The Labute approximate surface area is 150 Å². The Bertz CT molecular complexity index is 990.